The maximum Gasteiger partial charge on any atom is 0.387 e. The van der Waals surface area contributed by atoms with Crippen molar-refractivity contribution in [1.82, 2.24) is 10.2 Å². The highest BCUT2D eigenvalue weighted by atomic mass is 32.2. The molecule has 1 heterocycles. The first-order valence-electron chi connectivity index (χ1n) is 8.39. The molecule has 3 amide bonds. The quantitative estimate of drug-likeness (QED) is 0.679. The molecule has 1 aliphatic heterocycles. The first kappa shape index (κ1) is 20.9. The lowest BCUT2D eigenvalue weighted by molar-refractivity contribution is -0.126. The number of nitrogens with zero attached hydrogens (tertiary/aromatic N) is 1. The van der Waals surface area contributed by atoms with E-state index in [1.807, 2.05) is 6.92 Å². The first-order valence-corrected chi connectivity index (χ1v) is 9.21. The van der Waals surface area contributed by atoms with Crippen molar-refractivity contribution in [3.8, 4) is 5.75 Å². The van der Waals surface area contributed by atoms with E-state index in [1.165, 1.54) is 30.3 Å². The Labute approximate surface area is 159 Å². The Kier molecular flexibility index (Phi) is 7.35. The third-order valence-corrected chi connectivity index (χ3v) is 4.88. The molecule has 1 aromatic rings. The van der Waals surface area contributed by atoms with Crippen LogP contribution in [-0.4, -0.2) is 41.7 Å². The van der Waals surface area contributed by atoms with Gasteiger partial charge in [0.15, 0.2) is 0 Å². The van der Waals surface area contributed by atoms with E-state index in [0.717, 1.165) is 16.7 Å². The van der Waals surface area contributed by atoms with Gasteiger partial charge in [0.05, 0.1) is 4.91 Å². The Morgan fingerprint density at radius 1 is 1.30 bits per heavy atom. The largest absolute Gasteiger partial charge is 0.435 e. The number of halogens is 2. The minimum absolute atomic E-state index is 0.00676. The van der Waals surface area contributed by atoms with Crippen LogP contribution in [0.5, 0.6) is 5.75 Å². The van der Waals surface area contributed by atoms with E-state index in [0.29, 0.717) is 12.0 Å². The molecule has 1 atom stereocenters. The average molecular weight is 398 g/mol. The maximum atomic E-state index is 12.4. The molecule has 6 nitrogen and oxygen atoms in total. The molecule has 0 aliphatic carbocycles. The fourth-order valence-electron chi connectivity index (χ4n) is 2.24. The molecule has 0 radical (unpaired) electrons. The van der Waals surface area contributed by atoms with E-state index in [-0.39, 0.29) is 35.6 Å². The predicted molar refractivity (Wildman–Crippen MR) is 98.2 cm³/mol. The van der Waals surface area contributed by atoms with Crippen LogP contribution in [-0.2, 0) is 9.59 Å². The summed E-state index contributed by atoms with van der Waals surface area (Å²) >= 11 is 0.796. The van der Waals surface area contributed by atoms with Gasteiger partial charge in [-0.3, -0.25) is 19.3 Å². The van der Waals surface area contributed by atoms with Gasteiger partial charge in [0.25, 0.3) is 11.1 Å². The van der Waals surface area contributed by atoms with Crippen LogP contribution in [0.25, 0.3) is 6.08 Å². The number of imide groups is 1. The molecule has 146 valence electrons. The van der Waals surface area contributed by atoms with Gasteiger partial charge in [-0.15, -0.1) is 0 Å². The van der Waals surface area contributed by atoms with E-state index in [4.69, 9.17) is 0 Å². The van der Waals surface area contributed by atoms with E-state index in [2.05, 4.69) is 10.1 Å². The second kappa shape index (κ2) is 9.50. The number of alkyl halides is 2. The lowest BCUT2D eigenvalue weighted by Crippen LogP contribution is -2.38. The fourth-order valence-corrected chi connectivity index (χ4v) is 3.11. The molecule has 1 unspecified atom stereocenters. The number of ether oxygens (including phenoxy) is 1. The molecule has 1 fully saturated rings. The van der Waals surface area contributed by atoms with Crippen molar-refractivity contribution in [3.05, 3.63) is 34.7 Å². The zero-order valence-corrected chi connectivity index (χ0v) is 15.7. The van der Waals surface area contributed by atoms with E-state index >= 15 is 0 Å². The highest BCUT2D eigenvalue weighted by Gasteiger charge is 2.34. The molecule has 1 aromatic carbocycles. The van der Waals surface area contributed by atoms with E-state index in [1.54, 1.807) is 6.92 Å². The summed E-state index contributed by atoms with van der Waals surface area (Å²) < 4.78 is 28.6. The van der Waals surface area contributed by atoms with Crippen molar-refractivity contribution in [2.45, 2.75) is 26.9 Å². The summed E-state index contributed by atoms with van der Waals surface area (Å²) in [4.78, 5) is 37.5. The summed E-state index contributed by atoms with van der Waals surface area (Å²) in [6.07, 6.45) is 2.21. The van der Waals surface area contributed by atoms with Crippen molar-refractivity contribution in [2.75, 3.05) is 13.1 Å². The number of benzene rings is 1. The second-order valence-corrected chi connectivity index (χ2v) is 6.87. The minimum atomic E-state index is -2.91. The smallest absolute Gasteiger partial charge is 0.387 e. The van der Waals surface area contributed by atoms with Crippen LogP contribution >= 0.6 is 11.8 Å². The van der Waals surface area contributed by atoms with Gasteiger partial charge in [-0.25, -0.2) is 0 Å². The summed E-state index contributed by atoms with van der Waals surface area (Å²) in [7, 11) is 0. The maximum absolute atomic E-state index is 12.4. The highest BCUT2D eigenvalue weighted by Crippen LogP contribution is 2.32. The van der Waals surface area contributed by atoms with Crippen molar-refractivity contribution in [2.24, 2.45) is 5.92 Å². The minimum Gasteiger partial charge on any atom is -0.435 e. The average Bonchev–Trinajstić information content (AvgIpc) is 2.89. The third-order valence-electron chi connectivity index (χ3n) is 3.97. The third kappa shape index (κ3) is 5.78. The van der Waals surface area contributed by atoms with Crippen LogP contribution in [0, 0.1) is 5.92 Å². The summed E-state index contributed by atoms with van der Waals surface area (Å²) in [5.74, 6) is -0.689. The van der Waals surface area contributed by atoms with Crippen LogP contribution in [0.15, 0.2) is 29.2 Å². The van der Waals surface area contributed by atoms with Gasteiger partial charge in [0.2, 0.25) is 5.91 Å². The van der Waals surface area contributed by atoms with Gasteiger partial charge in [-0.1, -0.05) is 26.0 Å². The Balaban J connectivity index is 1.96. The SMILES string of the molecule is CCC(C)C(=O)NCCN1C(=O)S/C(=C\c2ccc(OC(F)F)cc2)C1=O. The number of nitrogens with one attached hydrogen (secondary N) is 1. The number of carbonyl (C=O) groups is 3. The number of carbonyl (C=O) groups excluding carboxylic acids is 3. The monoisotopic (exact) mass is 398 g/mol. The lowest BCUT2D eigenvalue weighted by Gasteiger charge is -2.14. The van der Waals surface area contributed by atoms with Crippen LogP contribution in [0.4, 0.5) is 13.6 Å². The van der Waals surface area contributed by atoms with Gasteiger partial charge < -0.3 is 10.1 Å². The summed E-state index contributed by atoms with van der Waals surface area (Å²) in [5, 5.41) is 2.28. The highest BCUT2D eigenvalue weighted by molar-refractivity contribution is 8.18. The van der Waals surface area contributed by atoms with Crippen LogP contribution in [0.1, 0.15) is 25.8 Å². The van der Waals surface area contributed by atoms with Gasteiger partial charge in [-0.05, 0) is 42.0 Å². The fraction of sp³-hybridized carbons (Fsp3) is 0.389. The molecule has 1 saturated heterocycles. The summed E-state index contributed by atoms with van der Waals surface area (Å²) in [5.41, 5.74) is 0.576. The molecule has 27 heavy (non-hydrogen) atoms. The zero-order valence-electron chi connectivity index (χ0n) is 14.9. The first-order chi connectivity index (χ1) is 12.8. The summed E-state index contributed by atoms with van der Waals surface area (Å²) in [6.45, 7) is 1.07. The molecular formula is C18H20F2N2O4S. The molecule has 0 bridgehead atoms. The Bertz CT molecular complexity index is 737. The molecular weight excluding hydrogens is 378 g/mol. The number of hydrogen-bond acceptors (Lipinski definition) is 5. The van der Waals surface area contributed by atoms with Gasteiger partial charge >= 0.3 is 6.61 Å². The Morgan fingerprint density at radius 2 is 1.96 bits per heavy atom. The molecule has 0 spiro atoms. The van der Waals surface area contributed by atoms with Crippen LogP contribution in [0.3, 0.4) is 0 Å². The van der Waals surface area contributed by atoms with Crippen molar-refractivity contribution in [1.29, 1.82) is 0 Å². The predicted octanol–water partition coefficient (Wildman–Crippen LogP) is 3.49. The summed E-state index contributed by atoms with van der Waals surface area (Å²) in [6, 6.07) is 5.73. The van der Waals surface area contributed by atoms with Gasteiger partial charge in [0, 0.05) is 19.0 Å². The number of rotatable bonds is 8. The van der Waals surface area contributed by atoms with Crippen LogP contribution in [0.2, 0.25) is 0 Å². The molecule has 0 aromatic heterocycles. The molecule has 2 rings (SSSR count). The number of hydrogen-bond donors (Lipinski definition) is 1. The topological polar surface area (TPSA) is 75.7 Å². The van der Waals surface area contributed by atoms with E-state index < -0.39 is 17.8 Å². The van der Waals surface area contributed by atoms with Crippen molar-refractivity contribution >= 4 is 34.9 Å². The zero-order chi connectivity index (χ0) is 20.0. The van der Waals surface area contributed by atoms with E-state index in [9.17, 15) is 23.2 Å². The lowest BCUT2D eigenvalue weighted by atomic mass is 10.1. The Hall–Kier alpha value is -2.42. The molecule has 1 N–H and O–H groups in total. The Morgan fingerprint density at radius 3 is 2.56 bits per heavy atom. The normalized spacial score (nSPS) is 16.9. The van der Waals surface area contributed by atoms with Crippen molar-refractivity contribution in [3.63, 3.8) is 0 Å². The number of thioether (sulfide) groups is 1. The second-order valence-electron chi connectivity index (χ2n) is 5.88. The molecule has 1 aliphatic rings. The standard InChI is InChI=1S/C18H20F2N2O4S/c1-3-11(2)15(23)21-8-9-22-16(24)14(27-18(22)25)10-12-4-6-13(7-5-12)26-17(19)20/h4-7,10-11,17H,3,8-9H2,1-2H3,(H,21,23)/b14-10-. The molecule has 9 heteroatoms. The number of amides is 3. The molecule has 0 saturated carbocycles. The van der Waals surface area contributed by atoms with Crippen LogP contribution < -0.4 is 10.1 Å². The van der Waals surface area contributed by atoms with Crippen molar-refractivity contribution < 1.29 is 27.9 Å². The van der Waals surface area contributed by atoms with Gasteiger partial charge in [0.1, 0.15) is 5.75 Å². The van der Waals surface area contributed by atoms with Gasteiger partial charge in [-0.2, -0.15) is 8.78 Å².